The predicted octanol–water partition coefficient (Wildman–Crippen LogP) is 3.71. The highest BCUT2D eigenvalue weighted by Gasteiger charge is 2.25. The molecular formula is C12H12ClNO. The van der Waals surface area contributed by atoms with Crippen molar-refractivity contribution in [1.29, 1.82) is 0 Å². The summed E-state index contributed by atoms with van der Waals surface area (Å²) < 4.78 is 5.19. The van der Waals surface area contributed by atoms with E-state index in [-0.39, 0.29) is 0 Å². The number of aromatic nitrogens is 1. The maximum atomic E-state index is 6.24. The molecule has 0 aliphatic heterocycles. The monoisotopic (exact) mass is 221 g/mol. The van der Waals surface area contributed by atoms with E-state index in [1.54, 1.807) is 7.11 Å². The number of methoxy groups -OCH3 is 1. The van der Waals surface area contributed by atoms with Crippen LogP contribution in [0.25, 0.3) is 10.9 Å². The molecule has 0 unspecified atom stereocenters. The summed E-state index contributed by atoms with van der Waals surface area (Å²) >= 11 is 6.24. The number of nitrogens with one attached hydrogen (secondary N) is 1. The van der Waals surface area contributed by atoms with Crippen LogP contribution in [0.5, 0.6) is 5.75 Å². The molecule has 0 radical (unpaired) electrons. The molecule has 0 spiro atoms. The number of aromatic amines is 1. The summed E-state index contributed by atoms with van der Waals surface area (Å²) in [6.07, 6.45) is 2.59. The molecule has 1 aliphatic carbocycles. The van der Waals surface area contributed by atoms with Gasteiger partial charge in [-0.15, -0.1) is 0 Å². The van der Waals surface area contributed by atoms with Crippen LogP contribution in [-0.2, 0) is 0 Å². The van der Waals surface area contributed by atoms with E-state index >= 15 is 0 Å². The molecule has 0 bridgehead atoms. The predicted molar refractivity (Wildman–Crippen MR) is 61.8 cm³/mol. The van der Waals surface area contributed by atoms with Crippen molar-refractivity contribution in [1.82, 2.24) is 4.98 Å². The molecule has 78 valence electrons. The lowest BCUT2D eigenvalue weighted by Crippen LogP contribution is -1.83. The standard InChI is InChI=1S/C12H12ClNO/c1-15-11-5-4-9-8(12(11)13)6-10(14-9)7-2-3-7/h4-7,14H,2-3H2,1H3. The molecule has 1 N–H and O–H groups in total. The zero-order valence-electron chi connectivity index (χ0n) is 8.51. The van der Waals surface area contributed by atoms with E-state index in [0.717, 1.165) is 22.6 Å². The molecule has 1 aromatic heterocycles. The minimum Gasteiger partial charge on any atom is -0.495 e. The first-order valence-electron chi connectivity index (χ1n) is 5.14. The summed E-state index contributed by atoms with van der Waals surface area (Å²) in [6, 6.07) is 6.07. The summed E-state index contributed by atoms with van der Waals surface area (Å²) in [7, 11) is 1.64. The fourth-order valence-corrected chi connectivity index (χ4v) is 2.24. The first kappa shape index (κ1) is 9.10. The van der Waals surface area contributed by atoms with E-state index in [9.17, 15) is 0 Å². The summed E-state index contributed by atoms with van der Waals surface area (Å²) in [4.78, 5) is 3.41. The summed E-state index contributed by atoms with van der Waals surface area (Å²) in [5, 5.41) is 1.77. The van der Waals surface area contributed by atoms with Gasteiger partial charge in [-0.05, 0) is 37.0 Å². The SMILES string of the molecule is COc1ccc2[nH]c(C3CC3)cc2c1Cl. The van der Waals surface area contributed by atoms with Crippen molar-refractivity contribution >= 4 is 22.5 Å². The van der Waals surface area contributed by atoms with Crippen LogP contribution in [0.4, 0.5) is 0 Å². The number of halogens is 1. The van der Waals surface area contributed by atoms with Crippen molar-refractivity contribution in [3.63, 3.8) is 0 Å². The number of rotatable bonds is 2. The number of fused-ring (bicyclic) bond motifs is 1. The fraction of sp³-hybridized carbons (Fsp3) is 0.333. The van der Waals surface area contributed by atoms with Gasteiger partial charge >= 0.3 is 0 Å². The maximum Gasteiger partial charge on any atom is 0.138 e. The van der Waals surface area contributed by atoms with Crippen LogP contribution in [0.1, 0.15) is 24.5 Å². The number of benzene rings is 1. The fourth-order valence-electron chi connectivity index (χ4n) is 1.94. The Bertz CT molecular complexity index is 514. The second-order valence-electron chi connectivity index (χ2n) is 4.04. The van der Waals surface area contributed by atoms with Crippen LogP contribution < -0.4 is 4.74 Å². The first-order chi connectivity index (χ1) is 7.29. The second kappa shape index (κ2) is 3.17. The van der Waals surface area contributed by atoms with E-state index in [2.05, 4.69) is 11.1 Å². The lowest BCUT2D eigenvalue weighted by atomic mass is 10.2. The van der Waals surface area contributed by atoms with Crippen LogP contribution in [0.15, 0.2) is 18.2 Å². The molecule has 1 saturated carbocycles. The molecule has 0 amide bonds. The molecule has 0 saturated heterocycles. The first-order valence-corrected chi connectivity index (χ1v) is 5.52. The van der Waals surface area contributed by atoms with Crippen molar-refractivity contribution in [3.8, 4) is 5.75 Å². The molecule has 3 rings (SSSR count). The van der Waals surface area contributed by atoms with Gasteiger partial charge in [0.15, 0.2) is 0 Å². The Balaban J connectivity index is 2.20. The van der Waals surface area contributed by atoms with E-state index < -0.39 is 0 Å². The highest BCUT2D eigenvalue weighted by Crippen LogP contribution is 2.42. The molecule has 1 aliphatic rings. The van der Waals surface area contributed by atoms with Crippen molar-refractivity contribution in [3.05, 3.63) is 28.9 Å². The van der Waals surface area contributed by atoms with Gasteiger partial charge in [0.1, 0.15) is 5.75 Å². The average molecular weight is 222 g/mol. The van der Waals surface area contributed by atoms with Crippen LogP contribution in [0.3, 0.4) is 0 Å². The Morgan fingerprint density at radius 1 is 1.40 bits per heavy atom. The number of hydrogen-bond donors (Lipinski definition) is 1. The minimum absolute atomic E-state index is 0.707. The third kappa shape index (κ3) is 1.40. The zero-order chi connectivity index (χ0) is 10.4. The molecule has 1 aromatic carbocycles. The van der Waals surface area contributed by atoms with Gasteiger partial charge in [-0.1, -0.05) is 11.6 Å². The van der Waals surface area contributed by atoms with Gasteiger partial charge < -0.3 is 9.72 Å². The molecule has 2 nitrogen and oxygen atoms in total. The Kier molecular flexibility index (Phi) is 1.93. The zero-order valence-corrected chi connectivity index (χ0v) is 9.27. The van der Waals surface area contributed by atoms with Gasteiger partial charge in [-0.2, -0.15) is 0 Å². The van der Waals surface area contributed by atoms with Crippen molar-refractivity contribution in [2.45, 2.75) is 18.8 Å². The molecule has 2 aromatic rings. The highest BCUT2D eigenvalue weighted by atomic mass is 35.5. The third-order valence-corrected chi connectivity index (χ3v) is 3.35. The lowest BCUT2D eigenvalue weighted by Gasteiger charge is -2.02. The van der Waals surface area contributed by atoms with Gasteiger partial charge in [0.2, 0.25) is 0 Å². The average Bonchev–Trinajstić information content (AvgIpc) is 2.99. The van der Waals surface area contributed by atoms with Crippen molar-refractivity contribution in [2.24, 2.45) is 0 Å². The molecular weight excluding hydrogens is 210 g/mol. The number of hydrogen-bond acceptors (Lipinski definition) is 1. The quantitative estimate of drug-likeness (QED) is 0.822. The smallest absolute Gasteiger partial charge is 0.138 e. The van der Waals surface area contributed by atoms with E-state index in [1.807, 2.05) is 12.1 Å². The van der Waals surface area contributed by atoms with Crippen LogP contribution in [0, 0.1) is 0 Å². The topological polar surface area (TPSA) is 25.0 Å². The van der Waals surface area contributed by atoms with E-state index in [1.165, 1.54) is 18.5 Å². The normalized spacial score (nSPS) is 15.9. The lowest BCUT2D eigenvalue weighted by molar-refractivity contribution is 0.415. The molecule has 15 heavy (non-hydrogen) atoms. The summed E-state index contributed by atoms with van der Waals surface area (Å²) in [5.74, 6) is 1.46. The van der Waals surface area contributed by atoms with Gasteiger partial charge in [0.05, 0.1) is 12.1 Å². The van der Waals surface area contributed by atoms with E-state index in [4.69, 9.17) is 16.3 Å². The van der Waals surface area contributed by atoms with Gasteiger partial charge in [0.25, 0.3) is 0 Å². The van der Waals surface area contributed by atoms with E-state index in [0.29, 0.717) is 5.02 Å². The largest absolute Gasteiger partial charge is 0.495 e. The number of H-pyrrole nitrogens is 1. The van der Waals surface area contributed by atoms with Crippen molar-refractivity contribution in [2.75, 3.05) is 7.11 Å². The van der Waals surface area contributed by atoms with Gasteiger partial charge in [0, 0.05) is 16.6 Å². The van der Waals surface area contributed by atoms with Crippen LogP contribution in [-0.4, -0.2) is 12.1 Å². The number of ether oxygens (including phenoxy) is 1. The van der Waals surface area contributed by atoms with Gasteiger partial charge in [-0.25, -0.2) is 0 Å². The highest BCUT2D eigenvalue weighted by molar-refractivity contribution is 6.37. The Hall–Kier alpha value is -1.15. The summed E-state index contributed by atoms with van der Waals surface area (Å²) in [6.45, 7) is 0. The molecule has 0 atom stereocenters. The van der Waals surface area contributed by atoms with Gasteiger partial charge in [-0.3, -0.25) is 0 Å². The van der Waals surface area contributed by atoms with Crippen LogP contribution >= 0.6 is 11.6 Å². The summed E-state index contributed by atoms with van der Waals surface area (Å²) in [5.41, 5.74) is 2.41. The maximum absolute atomic E-state index is 6.24. The molecule has 1 fully saturated rings. The minimum atomic E-state index is 0.707. The molecule has 3 heteroatoms. The Morgan fingerprint density at radius 2 is 2.20 bits per heavy atom. The van der Waals surface area contributed by atoms with Crippen molar-refractivity contribution < 1.29 is 4.74 Å². The third-order valence-electron chi connectivity index (χ3n) is 2.96. The second-order valence-corrected chi connectivity index (χ2v) is 4.42. The Morgan fingerprint density at radius 3 is 2.87 bits per heavy atom. The molecule has 1 heterocycles. The Labute approximate surface area is 93.2 Å². The van der Waals surface area contributed by atoms with Crippen LogP contribution in [0.2, 0.25) is 5.02 Å².